The van der Waals surface area contributed by atoms with Crippen molar-refractivity contribution in [2.75, 3.05) is 6.54 Å². The average molecular weight is 471 g/mol. The Morgan fingerprint density at radius 1 is 0.938 bits per heavy atom. The van der Waals surface area contributed by atoms with Crippen LogP contribution in [0.2, 0.25) is 10.0 Å². The molecule has 2 amide bonds. The van der Waals surface area contributed by atoms with E-state index in [4.69, 9.17) is 23.2 Å². The van der Waals surface area contributed by atoms with E-state index in [9.17, 15) is 9.59 Å². The molecule has 0 radical (unpaired) electrons. The molecule has 0 aromatic heterocycles. The summed E-state index contributed by atoms with van der Waals surface area (Å²) >= 11 is 12.8. The molecule has 3 rings (SSSR count). The highest BCUT2D eigenvalue weighted by Crippen LogP contribution is 2.28. The van der Waals surface area contributed by atoms with Crippen LogP contribution < -0.4 is 5.32 Å². The van der Waals surface area contributed by atoms with Crippen LogP contribution in [0.25, 0.3) is 10.8 Å². The highest BCUT2D eigenvalue weighted by molar-refractivity contribution is 6.36. The van der Waals surface area contributed by atoms with Crippen LogP contribution in [0.4, 0.5) is 0 Å². The number of fused-ring (bicyclic) bond motifs is 1. The zero-order valence-corrected chi connectivity index (χ0v) is 19.9. The van der Waals surface area contributed by atoms with Crippen molar-refractivity contribution in [3.63, 3.8) is 0 Å². The highest BCUT2D eigenvalue weighted by atomic mass is 35.5. The molecule has 0 heterocycles. The Morgan fingerprint density at radius 3 is 2.28 bits per heavy atom. The molecule has 1 unspecified atom stereocenters. The van der Waals surface area contributed by atoms with Gasteiger partial charge in [0.15, 0.2) is 0 Å². The van der Waals surface area contributed by atoms with Crippen molar-refractivity contribution in [2.45, 2.75) is 45.7 Å². The molecular weight excluding hydrogens is 443 g/mol. The number of benzene rings is 3. The van der Waals surface area contributed by atoms with E-state index in [2.05, 4.69) is 23.5 Å². The maximum atomic E-state index is 13.4. The molecule has 0 fully saturated rings. The lowest BCUT2D eigenvalue weighted by Crippen LogP contribution is -2.49. The van der Waals surface area contributed by atoms with Gasteiger partial charge >= 0.3 is 0 Å². The third-order valence-electron chi connectivity index (χ3n) is 5.62. The van der Waals surface area contributed by atoms with Gasteiger partial charge in [0.05, 0.1) is 0 Å². The molecule has 0 saturated carbocycles. The molecule has 0 spiro atoms. The summed E-state index contributed by atoms with van der Waals surface area (Å²) in [6, 6.07) is 18.9. The Hall–Kier alpha value is -2.56. The molecule has 1 N–H and O–H groups in total. The number of carbonyl (C=O) groups excluding carboxylic acids is 2. The standard InChI is InChI=1S/C26H28Cl2N2O2/c1-3-24(26(32)29-4-2)30(17-21-22(27)13-8-14-23(21)28)25(31)16-15-19-11-7-10-18-9-5-6-12-20(18)19/h5-14,24H,3-4,15-17H2,1-2H3,(H,29,32). The first-order valence-corrected chi connectivity index (χ1v) is 11.7. The van der Waals surface area contributed by atoms with E-state index < -0.39 is 6.04 Å². The predicted molar refractivity (Wildman–Crippen MR) is 132 cm³/mol. The zero-order chi connectivity index (χ0) is 23.1. The summed E-state index contributed by atoms with van der Waals surface area (Å²) in [5.41, 5.74) is 1.76. The molecule has 168 valence electrons. The molecule has 3 aromatic rings. The van der Waals surface area contributed by atoms with Crippen LogP contribution in [-0.4, -0.2) is 29.3 Å². The van der Waals surface area contributed by atoms with E-state index in [-0.39, 0.29) is 24.8 Å². The zero-order valence-electron chi connectivity index (χ0n) is 18.4. The van der Waals surface area contributed by atoms with Gasteiger partial charge in [-0.25, -0.2) is 0 Å². The van der Waals surface area contributed by atoms with Gasteiger partial charge in [-0.05, 0) is 48.2 Å². The maximum absolute atomic E-state index is 13.4. The fourth-order valence-corrected chi connectivity index (χ4v) is 4.48. The van der Waals surface area contributed by atoms with Crippen LogP contribution >= 0.6 is 23.2 Å². The van der Waals surface area contributed by atoms with Crippen molar-refractivity contribution in [3.8, 4) is 0 Å². The lowest BCUT2D eigenvalue weighted by atomic mass is 10.00. The fraction of sp³-hybridized carbons (Fsp3) is 0.308. The Kier molecular flexibility index (Phi) is 8.54. The monoisotopic (exact) mass is 470 g/mol. The fourth-order valence-electron chi connectivity index (χ4n) is 3.96. The van der Waals surface area contributed by atoms with Crippen molar-refractivity contribution in [1.29, 1.82) is 0 Å². The van der Waals surface area contributed by atoms with Crippen LogP contribution in [0.1, 0.15) is 37.8 Å². The number of halogens is 2. The largest absolute Gasteiger partial charge is 0.355 e. The lowest BCUT2D eigenvalue weighted by molar-refractivity contribution is -0.141. The molecule has 6 heteroatoms. The number of nitrogens with zero attached hydrogens (tertiary/aromatic N) is 1. The van der Waals surface area contributed by atoms with Crippen molar-refractivity contribution < 1.29 is 9.59 Å². The minimum Gasteiger partial charge on any atom is -0.355 e. The maximum Gasteiger partial charge on any atom is 0.242 e. The molecule has 1 atom stereocenters. The van der Waals surface area contributed by atoms with E-state index >= 15 is 0 Å². The van der Waals surface area contributed by atoms with Gasteiger partial charge in [0.1, 0.15) is 6.04 Å². The molecule has 0 bridgehead atoms. The van der Waals surface area contributed by atoms with Gasteiger partial charge in [0, 0.05) is 35.1 Å². The summed E-state index contributed by atoms with van der Waals surface area (Å²) in [6.45, 7) is 4.45. The number of hydrogen-bond donors (Lipinski definition) is 1. The molecule has 0 aliphatic rings. The molecule has 0 saturated heterocycles. The second kappa shape index (κ2) is 11.3. The second-order valence-corrected chi connectivity index (χ2v) is 8.49. The highest BCUT2D eigenvalue weighted by Gasteiger charge is 2.29. The smallest absolute Gasteiger partial charge is 0.242 e. The van der Waals surface area contributed by atoms with Crippen molar-refractivity contribution >= 4 is 45.8 Å². The molecule has 0 aliphatic heterocycles. The van der Waals surface area contributed by atoms with E-state index in [0.29, 0.717) is 35.0 Å². The quantitative estimate of drug-likeness (QED) is 0.415. The van der Waals surface area contributed by atoms with E-state index in [1.165, 1.54) is 0 Å². The van der Waals surface area contributed by atoms with Crippen LogP contribution in [-0.2, 0) is 22.6 Å². The molecule has 0 aliphatic carbocycles. The normalized spacial score (nSPS) is 11.9. The van der Waals surface area contributed by atoms with Gasteiger partial charge in [-0.3, -0.25) is 9.59 Å². The van der Waals surface area contributed by atoms with Crippen molar-refractivity contribution in [2.24, 2.45) is 0 Å². The van der Waals surface area contributed by atoms with Gasteiger partial charge < -0.3 is 10.2 Å². The van der Waals surface area contributed by atoms with Crippen LogP contribution in [0.15, 0.2) is 60.7 Å². The number of carbonyl (C=O) groups is 2. The van der Waals surface area contributed by atoms with Gasteiger partial charge in [0.25, 0.3) is 0 Å². The third-order valence-corrected chi connectivity index (χ3v) is 6.32. The summed E-state index contributed by atoms with van der Waals surface area (Å²) < 4.78 is 0. The van der Waals surface area contributed by atoms with Crippen LogP contribution in [0.3, 0.4) is 0 Å². The summed E-state index contributed by atoms with van der Waals surface area (Å²) in [7, 11) is 0. The molecule has 3 aromatic carbocycles. The summed E-state index contributed by atoms with van der Waals surface area (Å²) in [5.74, 6) is -0.274. The minimum atomic E-state index is -0.595. The number of aryl methyl sites for hydroxylation is 1. The van der Waals surface area contributed by atoms with Crippen LogP contribution in [0.5, 0.6) is 0 Å². The molecule has 4 nitrogen and oxygen atoms in total. The van der Waals surface area contributed by atoms with Crippen molar-refractivity contribution in [3.05, 3.63) is 81.8 Å². The predicted octanol–water partition coefficient (Wildman–Crippen LogP) is 6.02. The van der Waals surface area contributed by atoms with E-state index in [0.717, 1.165) is 16.3 Å². The number of nitrogens with one attached hydrogen (secondary N) is 1. The summed E-state index contributed by atoms with van der Waals surface area (Å²) in [4.78, 5) is 27.8. The Morgan fingerprint density at radius 2 is 1.59 bits per heavy atom. The third kappa shape index (κ3) is 5.62. The van der Waals surface area contributed by atoms with Crippen LogP contribution in [0, 0.1) is 0 Å². The summed E-state index contributed by atoms with van der Waals surface area (Å²) in [5, 5.41) is 6.09. The SMILES string of the molecule is CCNC(=O)C(CC)N(Cc1c(Cl)cccc1Cl)C(=O)CCc1cccc2ccccc12. The molecular formula is C26H28Cl2N2O2. The number of rotatable bonds is 9. The summed E-state index contributed by atoms with van der Waals surface area (Å²) in [6.07, 6.45) is 1.36. The van der Waals surface area contributed by atoms with Gasteiger partial charge in [-0.1, -0.05) is 78.7 Å². The van der Waals surface area contributed by atoms with Gasteiger partial charge in [-0.2, -0.15) is 0 Å². The molecule has 32 heavy (non-hydrogen) atoms. The van der Waals surface area contributed by atoms with E-state index in [1.807, 2.05) is 38.1 Å². The number of hydrogen-bond acceptors (Lipinski definition) is 2. The van der Waals surface area contributed by atoms with Gasteiger partial charge in [0.2, 0.25) is 11.8 Å². The average Bonchev–Trinajstić information content (AvgIpc) is 2.79. The number of likely N-dealkylation sites (N-methyl/N-ethyl adjacent to an activating group) is 1. The Bertz CT molecular complexity index is 1070. The second-order valence-electron chi connectivity index (χ2n) is 7.68. The van der Waals surface area contributed by atoms with E-state index in [1.54, 1.807) is 23.1 Å². The van der Waals surface area contributed by atoms with Crippen molar-refractivity contribution in [1.82, 2.24) is 10.2 Å². The Labute approximate surface area is 199 Å². The first kappa shape index (κ1) is 24.1. The first-order chi connectivity index (χ1) is 15.5. The topological polar surface area (TPSA) is 49.4 Å². The van der Waals surface area contributed by atoms with Gasteiger partial charge in [-0.15, -0.1) is 0 Å². The first-order valence-electron chi connectivity index (χ1n) is 10.9. The lowest BCUT2D eigenvalue weighted by Gasteiger charge is -2.31. The number of amides is 2. The Balaban J connectivity index is 1.87. The minimum absolute atomic E-state index is 0.105.